The zero-order valence-corrected chi connectivity index (χ0v) is 29.1. The van der Waals surface area contributed by atoms with Crippen LogP contribution in [-0.4, -0.2) is 68.4 Å². The van der Waals surface area contributed by atoms with Crippen LogP contribution in [0.2, 0.25) is 0 Å². The number of H-pyrrole nitrogens is 1. The van der Waals surface area contributed by atoms with Gasteiger partial charge in [-0.1, -0.05) is 26.0 Å². The number of pyridine rings is 1. The van der Waals surface area contributed by atoms with E-state index in [2.05, 4.69) is 25.2 Å². The summed E-state index contributed by atoms with van der Waals surface area (Å²) in [5.41, 5.74) is 3.05. The summed E-state index contributed by atoms with van der Waals surface area (Å²) >= 11 is 0. The molecule has 0 fully saturated rings. The van der Waals surface area contributed by atoms with Crippen LogP contribution in [0.1, 0.15) is 65.0 Å². The Morgan fingerprint density at radius 1 is 0.961 bits per heavy atom. The lowest BCUT2D eigenvalue weighted by Crippen LogP contribution is -2.49. The standard InChI is InChI=1S/C36H36N6O8S/c1-5-50-36(47)31(18-21(2)3)42(34(44)24-8-10-25(11-9-24)40-41-26-12-15-32(43)28(20-26)35(45)46)51(48,49)27-13-6-23(7-14-27)19-30-33-29(16-17-37-30)38-22(4)39-33/h6-17,20-21,31,43H,5,18-19H2,1-4H3,(H,38,39)(H,45,46)/t31-/m0/s1. The Morgan fingerprint density at radius 2 is 1.63 bits per heavy atom. The molecule has 264 valence electrons. The molecule has 0 aliphatic rings. The molecule has 15 heteroatoms. The van der Waals surface area contributed by atoms with Gasteiger partial charge in [0.05, 0.1) is 34.1 Å². The number of azo groups is 1. The molecule has 0 unspecified atom stereocenters. The van der Waals surface area contributed by atoms with Crippen LogP contribution in [0.15, 0.2) is 94.1 Å². The Balaban J connectivity index is 1.46. The van der Waals surface area contributed by atoms with E-state index in [-0.39, 0.29) is 46.3 Å². The van der Waals surface area contributed by atoms with Crippen LogP contribution in [0.25, 0.3) is 11.0 Å². The van der Waals surface area contributed by atoms with E-state index in [1.165, 1.54) is 48.5 Å². The maximum Gasteiger partial charge on any atom is 0.339 e. The van der Waals surface area contributed by atoms with Gasteiger partial charge in [0.25, 0.3) is 15.9 Å². The number of esters is 1. The average molecular weight is 713 g/mol. The van der Waals surface area contributed by atoms with Crippen LogP contribution < -0.4 is 0 Å². The molecule has 5 rings (SSSR count). The van der Waals surface area contributed by atoms with Gasteiger partial charge < -0.3 is 19.9 Å². The Kier molecular flexibility index (Phi) is 10.9. The lowest BCUT2D eigenvalue weighted by atomic mass is 10.0. The number of carboxylic acid groups (broad SMARTS) is 1. The van der Waals surface area contributed by atoms with Gasteiger partial charge in [0.1, 0.15) is 28.7 Å². The van der Waals surface area contributed by atoms with Crippen molar-refractivity contribution in [2.45, 2.75) is 51.5 Å². The fraction of sp³-hybridized carbons (Fsp3) is 0.250. The van der Waals surface area contributed by atoms with Crippen LogP contribution in [0, 0.1) is 12.8 Å². The summed E-state index contributed by atoms with van der Waals surface area (Å²) in [7, 11) is -4.61. The van der Waals surface area contributed by atoms with Gasteiger partial charge in [0.15, 0.2) is 0 Å². The van der Waals surface area contributed by atoms with Gasteiger partial charge in [-0.15, -0.1) is 0 Å². The number of hydrogen-bond acceptors (Lipinski definition) is 11. The largest absolute Gasteiger partial charge is 0.507 e. The highest BCUT2D eigenvalue weighted by Crippen LogP contribution is 2.29. The number of rotatable bonds is 13. The van der Waals surface area contributed by atoms with Gasteiger partial charge in [-0.25, -0.2) is 27.3 Å². The third-order valence-corrected chi connectivity index (χ3v) is 9.60. The number of carbonyl (C=O) groups is 3. The first-order valence-electron chi connectivity index (χ1n) is 16.0. The molecule has 3 aromatic carbocycles. The number of sulfonamides is 1. The normalized spacial score (nSPS) is 12.3. The second kappa shape index (κ2) is 15.3. The molecule has 2 heterocycles. The summed E-state index contributed by atoms with van der Waals surface area (Å²) in [5.74, 6) is -3.00. The Hall–Kier alpha value is -5.96. The molecular formula is C36H36N6O8S. The number of phenols is 1. The van der Waals surface area contributed by atoms with Crippen molar-refractivity contribution >= 4 is 50.3 Å². The van der Waals surface area contributed by atoms with Crippen LogP contribution in [0.3, 0.4) is 0 Å². The van der Waals surface area contributed by atoms with Crippen LogP contribution in [-0.2, 0) is 26.0 Å². The quantitative estimate of drug-likeness (QED) is 0.0894. The second-order valence-electron chi connectivity index (χ2n) is 12.1. The number of aromatic carboxylic acids is 1. The van der Waals surface area contributed by atoms with Gasteiger partial charge in [-0.2, -0.15) is 10.2 Å². The van der Waals surface area contributed by atoms with E-state index < -0.39 is 39.7 Å². The third kappa shape index (κ3) is 8.27. The third-order valence-electron chi connectivity index (χ3n) is 7.79. The number of ether oxygens (including phenoxy) is 1. The minimum absolute atomic E-state index is 0.0118. The fourth-order valence-electron chi connectivity index (χ4n) is 5.39. The van der Waals surface area contributed by atoms with Crippen molar-refractivity contribution in [3.05, 3.63) is 107 Å². The highest BCUT2D eigenvalue weighted by atomic mass is 32.2. The summed E-state index contributed by atoms with van der Waals surface area (Å²) in [4.78, 5) is 50.7. The Bertz CT molecular complexity index is 2210. The molecule has 1 amide bonds. The molecule has 5 aromatic rings. The van der Waals surface area contributed by atoms with Crippen molar-refractivity contribution in [2.24, 2.45) is 16.1 Å². The van der Waals surface area contributed by atoms with Crippen molar-refractivity contribution < 1.29 is 37.8 Å². The number of imidazole rings is 1. The molecule has 0 saturated carbocycles. The molecule has 0 aliphatic heterocycles. The predicted molar refractivity (Wildman–Crippen MR) is 187 cm³/mol. The van der Waals surface area contributed by atoms with Gasteiger partial charge >= 0.3 is 11.9 Å². The number of carbonyl (C=O) groups excluding carboxylic acids is 2. The summed E-state index contributed by atoms with van der Waals surface area (Å²) < 4.78 is 34.5. The smallest absolute Gasteiger partial charge is 0.339 e. The van der Waals surface area contributed by atoms with Gasteiger partial charge in [-0.05, 0) is 92.4 Å². The number of aromatic hydroxyl groups is 1. The topological polar surface area (TPSA) is 205 Å². The number of benzene rings is 3. The molecule has 0 aliphatic carbocycles. The van der Waals surface area contributed by atoms with E-state index in [1.807, 2.05) is 13.0 Å². The van der Waals surface area contributed by atoms with Crippen LogP contribution in [0.5, 0.6) is 5.75 Å². The van der Waals surface area contributed by atoms with Crippen molar-refractivity contribution in [1.29, 1.82) is 0 Å². The van der Waals surface area contributed by atoms with E-state index >= 15 is 0 Å². The van der Waals surface area contributed by atoms with Gasteiger partial charge in [0.2, 0.25) is 0 Å². The zero-order valence-electron chi connectivity index (χ0n) is 28.3. The summed E-state index contributed by atoms with van der Waals surface area (Å²) in [6, 6.07) is 15.7. The van der Waals surface area contributed by atoms with E-state index in [1.54, 1.807) is 39.1 Å². The van der Waals surface area contributed by atoms with Crippen molar-refractivity contribution in [3.63, 3.8) is 0 Å². The van der Waals surface area contributed by atoms with Gasteiger partial charge in [0, 0.05) is 18.2 Å². The molecule has 2 aromatic heterocycles. The van der Waals surface area contributed by atoms with Crippen molar-refractivity contribution in [3.8, 4) is 5.75 Å². The first-order valence-corrected chi connectivity index (χ1v) is 17.4. The summed E-state index contributed by atoms with van der Waals surface area (Å²) in [6.07, 6.45) is 2.06. The van der Waals surface area contributed by atoms with E-state index in [0.717, 1.165) is 28.5 Å². The first kappa shape index (κ1) is 36.3. The average Bonchev–Trinajstić information content (AvgIpc) is 3.49. The van der Waals surface area contributed by atoms with Gasteiger partial charge in [-0.3, -0.25) is 9.78 Å². The molecule has 0 saturated heterocycles. The zero-order chi connectivity index (χ0) is 36.9. The highest BCUT2D eigenvalue weighted by molar-refractivity contribution is 7.89. The van der Waals surface area contributed by atoms with E-state index in [9.17, 15) is 33.0 Å². The van der Waals surface area contributed by atoms with E-state index in [0.29, 0.717) is 16.4 Å². The molecular weight excluding hydrogens is 676 g/mol. The Labute approximate surface area is 293 Å². The van der Waals surface area contributed by atoms with Crippen molar-refractivity contribution in [1.82, 2.24) is 19.3 Å². The molecule has 0 bridgehead atoms. The fourth-order valence-corrected chi connectivity index (χ4v) is 6.93. The van der Waals surface area contributed by atoms with Crippen molar-refractivity contribution in [2.75, 3.05) is 6.61 Å². The molecule has 1 atom stereocenters. The molecule has 0 radical (unpaired) electrons. The maximum atomic E-state index is 14.3. The molecule has 14 nitrogen and oxygen atoms in total. The number of fused-ring (bicyclic) bond motifs is 1. The second-order valence-corrected chi connectivity index (χ2v) is 13.9. The number of aromatic nitrogens is 3. The SMILES string of the molecule is CCOC(=O)[C@H](CC(C)C)N(C(=O)c1ccc(N=Nc2ccc(O)c(C(=O)O)c2)cc1)S(=O)(=O)c1ccc(Cc2nccc3[nH]c(C)nc23)cc1. The highest BCUT2D eigenvalue weighted by Gasteiger charge is 2.41. The monoisotopic (exact) mass is 712 g/mol. The lowest BCUT2D eigenvalue weighted by molar-refractivity contribution is -0.147. The summed E-state index contributed by atoms with van der Waals surface area (Å²) in [6.45, 7) is 7.03. The molecule has 51 heavy (non-hydrogen) atoms. The first-order chi connectivity index (χ1) is 24.3. The number of amides is 1. The number of aromatic amines is 1. The molecule has 3 N–H and O–H groups in total. The minimum atomic E-state index is -4.61. The summed E-state index contributed by atoms with van der Waals surface area (Å²) in [5, 5.41) is 27.0. The number of nitrogens with zero attached hydrogens (tertiary/aromatic N) is 5. The van der Waals surface area contributed by atoms with Crippen LogP contribution in [0.4, 0.5) is 11.4 Å². The number of nitrogens with one attached hydrogen (secondary N) is 1. The van der Waals surface area contributed by atoms with E-state index in [4.69, 9.17) is 4.74 Å². The number of aryl methyl sites for hydroxylation is 1. The maximum absolute atomic E-state index is 14.3. The minimum Gasteiger partial charge on any atom is -0.507 e. The Morgan fingerprint density at radius 3 is 2.27 bits per heavy atom. The predicted octanol–water partition coefficient (Wildman–Crippen LogP) is 6.49. The number of carboxylic acids is 1. The lowest BCUT2D eigenvalue weighted by Gasteiger charge is -2.30. The molecule has 0 spiro atoms. The number of hydrogen-bond donors (Lipinski definition) is 3. The van der Waals surface area contributed by atoms with Crippen LogP contribution >= 0.6 is 0 Å².